The van der Waals surface area contributed by atoms with Crippen molar-refractivity contribution in [3.63, 3.8) is 0 Å². The number of imidazole rings is 1. The minimum absolute atomic E-state index is 0.122. The second kappa shape index (κ2) is 8.44. The van der Waals surface area contributed by atoms with Crippen molar-refractivity contribution in [1.82, 2.24) is 9.66 Å². The van der Waals surface area contributed by atoms with Crippen LogP contribution in [0.5, 0.6) is 5.75 Å². The third-order valence-electron chi connectivity index (χ3n) is 3.55. The fourth-order valence-corrected chi connectivity index (χ4v) is 3.06. The molecule has 1 aromatic heterocycles. The largest absolute Gasteiger partial charge is 0.494 e. The third kappa shape index (κ3) is 4.58. The van der Waals surface area contributed by atoms with Crippen molar-refractivity contribution in [2.45, 2.75) is 12.1 Å². The summed E-state index contributed by atoms with van der Waals surface area (Å²) in [5, 5.41) is 3.43. The fraction of sp³-hybridized carbons (Fsp3) is 0.158. The molecule has 0 unspecified atom stereocenters. The van der Waals surface area contributed by atoms with Gasteiger partial charge in [-0.1, -0.05) is 42.1 Å². The Labute approximate surface area is 156 Å². The minimum atomic E-state index is -0.122. The lowest BCUT2D eigenvalue weighted by molar-refractivity contribution is -0.113. The molecule has 7 heteroatoms. The van der Waals surface area contributed by atoms with E-state index in [9.17, 15) is 4.79 Å². The van der Waals surface area contributed by atoms with Gasteiger partial charge < -0.3 is 15.9 Å². The number of amides is 1. The zero-order valence-corrected chi connectivity index (χ0v) is 15.2. The molecular formula is C19H20N4O2S. The minimum Gasteiger partial charge on any atom is -0.494 e. The quantitative estimate of drug-likeness (QED) is 0.493. The molecule has 0 fully saturated rings. The molecule has 3 aromatic rings. The van der Waals surface area contributed by atoms with Gasteiger partial charge in [0.1, 0.15) is 5.75 Å². The van der Waals surface area contributed by atoms with E-state index in [2.05, 4.69) is 10.3 Å². The number of carbonyl (C=O) groups excluding carboxylic acids is 1. The van der Waals surface area contributed by atoms with Crippen LogP contribution in [0, 0.1) is 0 Å². The summed E-state index contributed by atoms with van der Waals surface area (Å²) in [7, 11) is 0. The Hall–Kier alpha value is -2.93. The van der Waals surface area contributed by atoms with Crippen LogP contribution < -0.4 is 15.9 Å². The number of ether oxygens (including phenoxy) is 1. The Kier molecular flexibility index (Phi) is 5.80. The molecule has 3 N–H and O–H groups in total. The van der Waals surface area contributed by atoms with Crippen LogP contribution in [0.15, 0.2) is 66.0 Å². The highest BCUT2D eigenvalue weighted by Crippen LogP contribution is 2.23. The first-order valence-electron chi connectivity index (χ1n) is 8.21. The zero-order chi connectivity index (χ0) is 18.4. The van der Waals surface area contributed by atoms with E-state index >= 15 is 0 Å². The monoisotopic (exact) mass is 368 g/mol. The van der Waals surface area contributed by atoms with Crippen molar-refractivity contribution < 1.29 is 9.53 Å². The van der Waals surface area contributed by atoms with Gasteiger partial charge in [-0.3, -0.25) is 4.79 Å². The molecule has 0 atom stereocenters. The highest BCUT2D eigenvalue weighted by molar-refractivity contribution is 7.99. The number of thioether (sulfide) groups is 1. The standard InChI is InChI=1S/C19H20N4O2S/c1-2-25-16-10-8-15(9-11-16)21-18(24)13-26-19-22-17(12-23(19)20)14-6-4-3-5-7-14/h3-12H,2,13,20H2,1H3,(H,21,24). The number of aromatic nitrogens is 2. The number of nitrogen functional groups attached to an aromatic ring is 1. The van der Waals surface area contributed by atoms with Crippen LogP contribution in [0.2, 0.25) is 0 Å². The van der Waals surface area contributed by atoms with E-state index in [0.717, 1.165) is 22.7 Å². The van der Waals surface area contributed by atoms with E-state index in [4.69, 9.17) is 10.6 Å². The van der Waals surface area contributed by atoms with Gasteiger partial charge in [0, 0.05) is 11.3 Å². The van der Waals surface area contributed by atoms with Gasteiger partial charge in [-0.2, -0.15) is 0 Å². The highest BCUT2D eigenvalue weighted by atomic mass is 32.2. The summed E-state index contributed by atoms with van der Waals surface area (Å²) >= 11 is 1.29. The van der Waals surface area contributed by atoms with Crippen LogP contribution in [-0.2, 0) is 4.79 Å². The van der Waals surface area contributed by atoms with E-state index in [1.165, 1.54) is 16.4 Å². The Balaban J connectivity index is 1.57. The number of benzene rings is 2. The van der Waals surface area contributed by atoms with Crippen molar-refractivity contribution in [3.8, 4) is 17.0 Å². The molecule has 2 aromatic carbocycles. The average molecular weight is 368 g/mol. The fourth-order valence-electron chi connectivity index (χ4n) is 2.36. The predicted molar refractivity (Wildman–Crippen MR) is 105 cm³/mol. The van der Waals surface area contributed by atoms with E-state index in [0.29, 0.717) is 11.8 Å². The number of anilines is 1. The molecule has 1 heterocycles. The lowest BCUT2D eigenvalue weighted by Crippen LogP contribution is -2.15. The average Bonchev–Trinajstić information content (AvgIpc) is 3.03. The SMILES string of the molecule is CCOc1ccc(NC(=O)CSc2nc(-c3ccccc3)cn2N)cc1. The molecule has 0 radical (unpaired) electrons. The maximum atomic E-state index is 12.1. The number of carbonyl (C=O) groups is 1. The molecule has 134 valence electrons. The first-order chi connectivity index (χ1) is 12.7. The maximum absolute atomic E-state index is 12.1. The Morgan fingerprint density at radius 1 is 1.19 bits per heavy atom. The maximum Gasteiger partial charge on any atom is 0.234 e. The highest BCUT2D eigenvalue weighted by Gasteiger charge is 2.11. The van der Waals surface area contributed by atoms with Gasteiger partial charge in [-0.25, -0.2) is 9.66 Å². The summed E-state index contributed by atoms with van der Waals surface area (Å²) in [5.41, 5.74) is 2.49. The summed E-state index contributed by atoms with van der Waals surface area (Å²) in [6, 6.07) is 17.0. The first-order valence-corrected chi connectivity index (χ1v) is 9.19. The molecule has 26 heavy (non-hydrogen) atoms. The topological polar surface area (TPSA) is 82.2 Å². The number of hydrogen-bond acceptors (Lipinski definition) is 5. The summed E-state index contributed by atoms with van der Waals surface area (Å²) in [6.07, 6.45) is 1.75. The molecule has 0 aliphatic carbocycles. The molecule has 1 amide bonds. The Morgan fingerprint density at radius 2 is 1.92 bits per heavy atom. The normalized spacial score (nSPS) is 10.5. The van der Waals surface area contributed by atoms with Gasteiger partial charge in [0.25, 0.3) is 0 Å². The summed E-state index contributed by atoms with van der Waals surface area (Å²) in [6.45, 7) is 2.54. The number of rotatable bonds is 7. The number of nitrogens with two attached hydrogens (primary N) is 1. The van der Waals surface area contributed by atoms with Gasteiger partial charge in [0.05, 0.1) is 24.3 Å². The Morgan fingerprint density at radius 3 is 2.62 bits per heavy atom. The second-order valence-electron chi connectivity index (χ2n) is 5.48. The molecule has 0 aliphatic heterocycles. The van der Waals surface area contributed by atoms with Crippen molar-refractivity contribution in [2.75, 3.05) is 23.5 Å². The van der Waals surface area contributed by atoms with Crippen LogP contribution in [0.3, 0.4) is 0 Å². The summed E-state index contributed by atoms with van der Waals surface area (Å²) < 4.78 is 6.82. The van der Waals surface area contributed by atoms with Crippen molar-refractivity contribution in [2.24, 2.45) is 0 Å². The van der Waals surface area contributed by atoms with Crippen LogP contribution >= 0.6 is 11.8 Å². The smallest absolute Gasteiger partial charge is 0.234 e. The lowest BCUT2D eigenvalue weighted by atomic mass is 10.2. The van der Waals surface area contributed by atoms with E-state index in [-0.39, 0.29) is 11.7 Å². The van der Waals surface area contributed by atoms with Crippen LogP contribution in [0.1, 0.15) is 6.92 Å². The van der Waals surface area contributed by atoms with Crippen molar-refractivity contribution in [1.29, 1.82) is 0 Å². The molecule has 0 bridgehead atoms. The molecule has 0 saturated carbocycles. The lowest BCUT2D eigenvalue weighted by Gasteiger charge is -2.07. The van der Waals surface area contributed by atoms with Crippen molar-refractivity contribution in [3.05, 3.63) is 60.8 Å². The molecular weight excluding hydrogens is 348 g/mol. The molecule has 0 spiro atoms. The Bertz CT molecular complexity index is 863. The van der Waals surface area contributed by atoms with Gasteiger partial charge >= 0.3 is 0 Å². The van der Waals surface area contributed by atoms with E-state index < -0.39 is 0 Å². The number of nitrogens with zero attached hydrogens (tertiary/aromatic N) is 2. The molecule has 3 rings (SSSR count). The van der Waals surface area contributed by atoms with Crippen molar-refractivity contribution >= 4 is 23.4 Å². The van der Waals surface area contributed by atoms with Gasteiger partial charge in [0.2, 0.25) is 5.91 Å². The zero-order valence-electron chi connectivity index (χ0n) is 14.4. The summed E-state index contributed by atoms with van der Waals surface area (Å²) in [4.78, 5) is 16.6. The molecule has 0 aliphatic rings. The second-order valence-corrected chi connectivity index (χ2v) is 6.42. The van der Waals surface area contributed by atoms with Crippen LogP contribution in [0.4, 0.5) is 5.69 Å². The number of nitrogens with one attached hydrogen (secondary N) is 1. The van der Waals surface area contributed by atoms with E-state index in [1.807, 2.05) is 61.5 Å². The predicted octanol–water partition coefficient (Wildman–Crippen LogP) is 3.39. The van der Waals surface area contributed by atoms with Gasteiger partial charge in [-0.05, 0) is 31.2 Å². The number of hydrogen-bond donors (Lipinski definition) is 2. The molecule has 0 saturated heterocycles. The van der Waals surface area contributed by atoms with Crippen LogP contribution in [-0.4, -0.2) is 27.9 Å². The third-order valence-corrected chi connectivity index (χ3v) is 4.52. The van der Waals surface area contributed by atoms with E-state index in [1.54, 1.807) is 6.20 Å². The van der Waals surface area contributed by atoms with Gasteiger partial charge in [0.15, 0.2) is 5.16 Å². The summed E-state index contributed by atoms with van der Waals surface area (Å²) in [5.74, 6) is 6.82. The van der Waals surface area contributed by atoms with Gasteiger partial charge in [-0.15, -0.1) is 0 Å². The van der Waals surface area contributed by atoms with Crippen LogP contribution in [0.25, 0.3) is 11.3 Å². The molecule has 6 nitrogen and oxygen atoms in total. The first kappa shape index (κ1) is 17.9.